The molecule has 2 aliphatic rings. The molecule has 1 aromatic heterocycles. The number of pyridine rings is 1. The predicted octanol–water partition coefficient (Wildman–Crippen LogP) is 3.03. The van der Waals surface area contributed by atoms with Gasteiger partial charge in [0.2, 0.25) is 5.91 Å². The summed E-state index contributed by atoms with van der Waals surface area (Å²) in [5.74, 6) is -0.0344. The number of nitrogens with one attached hydrogen (secondary N) is 1. The lowest BCUT2D eigenvalue weighted by atomic mass is 9.86. The summed E-state index contributed by atoms with van der Waals surface area (Å²) in [6, 6.07) is 9.89. The molecule has 0 saturated carbocycles. The van der Waals surface area contributed by atoms with E-state index in [-0.39, 0.29) is 23.5 Å². The van der Waals surface area contributed by atoms with E-state index in [0.717, 1.165) is 32.4 Å². The predicted molar refractivity (Wildman–Crippen MR) is 112 cm³/mol. The van der Waals surface area contributed by atoms with Crippen LogP contribution in [0.5, 0.6) is 0 Å². The number of likely N-dealkylation sites (tertiary alicyclic amines) is 2. The molecule has 6 nitrogen and oxygen atoms in total. The van der Waals surface area contributed by atoms with Gasteiger partial charge in [-0.25, -0.2) is 4.39 Å². The zero-order valence-electron chi connectivity index (χ0n) is 17.1. The highest BCUT2D eigenvalue weighted by Gasteiger charge is 2.39. The molecule has 7 heteroatoms. The monoisotopic (exact) mass is 410 g/mol. The van der Waals surface area contributed by atoms with Crippen molar-refractivity contribution in [3.05, 3.63) is 60.2 Å². The fraction of sp³-hybridized carbons (Fsp3) is 0.435. The lowest BCUT2D eigenvalue weighted by molar-refractivity contribution is -0.119. The molecule has 0 radical (unpaired) electrons. The van der Waals surface area contributed by atoms with E-state index in [9.17, 15) is 14.0 Å². The van der Waals surface area contributed by atoms with Crippen LogP contribution >= 0.6 is 0 Å². The van der Waals surface area contributed by atoms with Crippen molar-refractivity contribution in [1.29, 1.82) is 0 Å². The van der Waals surface area contributed by atoms with Crippen LogP contribution in [0.1, 0.15) is 29.6 Å². The topological polar surface area (TPSA) is 65.5 Å². The SMILES string of the molecule is CN1CC(C(=O)Nc2cccc(F)c2)CC1C1CCN(C(=O)c2cccnc2)CC1. The number of nitrogens with zero attached hydrogens (tertiary/aromatic N) is 3. The summed E-state index contributed by atoms with van der Waals surface area (Å²) in [5.41, 5.74) is 1.12. The molecule has 2 aliphatic heterocycles. The molecule has 0 aliphatic carbocycles. The van der Waals surface area contributed by atoms with Crippen LogP contribution in [0, 0.1) is 17.7 Å². The van der Waals surface area contributed by atoms with Gasteiger partial charge >= 0.3 is 0 Å². The molecule has 2 aromatic rings. The van der Waals surface area contributed by atoms with E-state index in [4.69, 9.17) is 0 Å². The van der Waals surface area contributed by atoms with Crippen molar-refractivity contribution in [3.8, 4) is 0 Å². The number of amides is 2. The minimum atomic E-state index is -0.359. The van der Waals surface area contributed by atoms with Crippen LogP contribution in [-0.4, -0.2) is 59.3 Å². The van der Waals surface area contributed by atoms with Crippen LogP contribution in [-0.2, 0) is 4.79 Å². The van der Waals surface area contributed by atoms with Crippen LogP contribution < -0.4 is 5.32 Å². The van der Waals surface area contributed by atoms with E-state index in [1.54, 1.807) is 36.7 Å². The van der Waals surface area contributed by atoms with Crippen molar-refractivity contribution in [2.45, 2.75) is 25.3 Å². The van der Waals surface area contributed by atoms with Crippen LogP contribution in [0.15, 0.2) is 48.8 Å². The number of carbonyl (C=O) groups excluding carboxylic acids is 2. The molecule has 0 bridgehead atoms. The second-order valence-electron chi connectivity index (χ2n) is 8.31. The Morgan fingerprint density at radius 2 is 1.97 bits per heavy atom. The van der Waals surface area contributed by atoms with Crippen LogP contribution in [0.4, 0.5) is 10.1 Å². The van der Waals surface area contributed by atoms with Gasteiger partial charge in [0.1, 0.15) is 5.82 Å². The summed E-state index contributed by atoms with van der Waals surface area (Å²) in [5, 5.41) is 2.84. The smallest absolute Gasteiger partial charge is 0.255 e. The number of aromatic nitrogens is 1. The third kappa shape index (κ3) is 4.51. The van der Waals surface area contributed by atoms with Crippen molar-refractivity contribution >= 4 is 17.5 Å². The van der Waals surface area contributed by atoms with Crippen molar-refractivity contribution < 1.29 is 14.0 Å². The Bertz CT molecular complexity index is 899. The van der Waals surface area contributed by atoms with E-state index in [2.05, 4.69) is 22.2 Å². The van der Waals surface area contributed by atoms with Crippen molar-refractivity contribution in [2.75, 3.05) is 32.0 Å². The molecule has 2 unspecified atom stereocenters. The first-order chi connectivity index (χ1) is 14.5. The number of anilines is 1. The lowest BCUT2D eigenvalue weighted by Gasteiger charge is -2.37. The molecule has 3 heterocycles. The van der Waals surface area contributed by atoms with E-state index < -0.39 is 0 Å². The van der Waals surface area contributed by atoms with E-state index >= 15 is 0 Å². The van der Waals surface area contributed by atoms with Crippen LogP contribution in [0.2, 0.25) is 0 Å². The van der Waals surface area contributed by atoms with Crippen molar-refractivity contribution in [1.82, 2.24) is 14.8 Å². The molecule has 1 N–H and O–H groups in total. The zero-order chi connectivity index (χ0) is 21.1. The van der Waals surface area contributed by atoms with Crippen molar-refractivity contribution in [2.24, 2.45) is 11.8 Å². The average Bonchev–Trinajstić information content (AvgIpc) is 3.16. The Kier molecular flexibility index (Phi) is 6.08. The van der Waals surface area contributed by atoms with Gasteiger partial charge < -0.3 is 15.1 Å². The number of hydrogen-bond acceptors (Lipinski definition) is 4. The molecule has 1 aromatic carbocycles. The molecule has 4 rings (SSSR count). The lowest BCUT2D eigenvalue weighted by Crippen LogP contribution is -2.43. The minimum Gasteiger partial charge on any atom is -0.339 e. The van der Waals surface area contributed by atoms with Crippen molar-refractivity contribution in [3.63, 3.8) is 0 Å². The van der Waals surface area contributed by atoms with Gasteiger partial charge in [-0.05, 0) is 62.6 Å². The summed E-state index contributed by atoms with van der Waals surface area (Å²) < 4.78 is 13.4. The van der Waals surface area contributed by atoms with E-state index in [1.165, 1.54) is 12.1 Å². The van der Waals surface area contributed by atoms with Gasteiger partial charge in [-0.15, -0.1) is 0 Å². The van der Waals surface area contributed by atoms with Gasteiger partial charge in [0.05, 0.1) is 11.5 Å². The Balaban J connectivity index is 1.31. The molecular weight excluding hydrogens is 383 g/mol. The van der Waals surface area contributed by atoms with Gasteiger partial charge in [-0.3, -0.25) is 14.6 Å². The first kappa shape index (κ1) is 20.5. The number of rotatable bonds is 4. The summed E-state index contributed by atoms with van der Waals surface area (Å²) in [6.07, 6.45) is 5.93. The van der Waals surface area contributed by atoms with E-state index in [1.807, 2.05) is 4.90 Å². The van der Waals surface area contributed by atoms with Gasteiger partial charge in [0, 0.05) is 43.8 Å². The first-order valence-corrected chi connectivity index (χ1v) is 10.5. The Labute approximate surface area is 176 Å². The highest BCUT2D eigenvalue weighted by Crippen LogP contribution is 2.33. The molecular formula is C23H27FN4O2. The quantitative estimate of drug-likeness (QED) is 0.842. The van der Waals surface area contributed by atoms with Gasteiger partial charge in [0.25, 0.3) is 5.91 Å². The molecule has 2 amide bonds. The second-order valence-corrected chi connectivity index (χ2v) is 8.31. The summed E-state index contributed by atoms with van der Waals surface area (Å²) in [7, 11) is 2.06. The number of benzene rings is 1. The van der Waals surface area contributed by atoms with Gasteiger partial charge in [-0.1, -0.05) is 6.07 Å². The molecule has 30 heavy (non-hydrogen) atoms. The molecule has 2 fully saturated rings. The number of hydrogen-bond donors (Lipinski definition) is 1. The van der Waals surface area contributed by atoms with Crippen LogP contribution in [0.3, 0.4) is 0 Å². The zero-order valence-corrected chi connectivity index (χ0v) is 17.1. The first-order valence-electron chi connectivity index (χ1n) is 10.5. The Morgan fingerprint density at radius 3 is 2.67 bits per heavy atom. The highest BCUT2D eigenvalue weighted by atomic mass is 19.1. The number of carbonyl (C=O) groups is 2. The number of halogens is 1. The fourth-order valence-corrected chi connectivity index (χ4v) is 4.74. The maximum atomic E-state index is 13.4. The normalized spacial score (nSPS) is 22.8. The summed E-state index contributed by atoms with van der Waals surface area (Å²) in [4.78, 5) is 33.5. The third-order valence-electron chi connectivity index (χ3n) is 6.34. The fourth-order valence-electron chi connectivity index (χ4n) is 4.74. The maximum absolute atomic E-state index is 13.4. The molecule has 0 spiro atoms. The molecule has 2 atom stereocenters. The Hall–Kier alpha value is -2.80. The largest absolute Gasteiger partial charge is 0.339 e. The summed E-state index contributed by atoms with van der Waals surface area (Å²) >= 11 is 0. The van der Waals surface area contributed by atoms with Gasteiger partial charge in [-0.2, -0.15) is 0 Å². The third-order valence-corrected chi connectivity index (χ3v) is 6.34. The standard InChI is InChI=1S/C23H27FN4O2/c1-27-15-18(22(29)26-20-6-2-5-19(24)13-20)12-21(27)16-7-10-28(11-8-16)23(30)17-4-3-9-25-14-17/h2-6,9,13-14,16,18,21H,7-8,10-12,15H2,1H3,(H,26,29). The van der Waals surface area contributed by atoms with Crippen LogP contribution in [0.25, 0.3) is 0 Å². The Morgan fingerprint density at radius 1 is 1.17 bits per heavy atom. The second kappa shape index (κ2) is 8.92. The minimum absolute atomic E-state index is 0.0358. The van der Waals surface area contributed by atoms with Gasteiger partial charge in [0.15, 0.2) is 0 Å². The molecule has 2 saturated heterocycles. The number of piperidine rings is 1. The highest BCUT2D eigenvalue weighted by molar-refractivity contribution is 5.94. The average molecular weight is 410 g/mol. The molecule has 158 valence electrons. The summed E-state index contributed by atoms with van der Waals surface area (Å²) in [6.45, 7) is 2.15. The maximum Gasteiger partial charge on any atom is 0.255 e. The van der Waals surface area contributed by atoms with E-state index in [0.29, 0.717) is 29.8 Å².